The van der Waals surface area contributed by atoms with E-state index < -0.39 is 0 Å². The molecule has 7 heteroatoms. The second kappa shape index (κ2) is 8.57. The maximum Gasteiger partial charge on any atom is 0.138 e. The molecule has 0 unspecified atom stereocenters. The lowest BCUT2D eigenvalue weighted by Crippen LogP contribution is -2.36. The van der Waals surface area contributed by atoms with E-state index in [1.165, 1.54) is 5.69 Å². The molecule has 1 aromatic heterocycles. The Morgan fingerprint density at radius 1 is 1.06 bits per heavy atom. The summed E-state index contributed by atoms with van der Waals surface area (Å²) in [7, 11) is 0. The average molecular weight is 434 g/mol. The predicted octanol–water partition coefficient (Wildman–Crippen LogP) is 5.05. The minimum absolute atomic E-state index is 0.680. The first-order valence-electron chi connectivity index (χ1n) is 10.4. The Hall–Kier alpha value is -3.09. The highest BCUT2D eigenvalue weighted by Crippen LogP contribution is 2.35. The van der Waals surface area contributed by atoms with Crippen molar-refractivity contribution >= 4 is 40.8 Å². The van der Waals surface area contributed by atoms with E-state index in [9.17, 15) is 0 Å². The molecule has 31 heavy (non-hydrogen) atoms. The van der Waals surface area contributed by atoms with Crippen molar-refractivity contribution in [2.75, 3.05) is 36.5 Å². The van der Waals surface area contributed by atoms with Gasteiger partial charge in [-0.25, -0.2) is 9.98 Å². The van der Waals surface area contributed by atoms with Crippen LogP contribution >= 0.6 is 11.6 Å². The summed E-state index contributed by atoms with van der Waals surface area (Å²) in [5, 5.41) is 7.42. The average Bonchev–Trinajstić information content (AvgIpc) is 2.80. The summed E-state index contributed by atoms with van der Waals surface area (Å²) in [6.07, 6.45) is 1.74. The molecule has 3 aromatic rings. The number of anilines is 3. The van der Waals surface area contributed by atoms with Crippen molar-refractivity contribution in [1.82, 2.24) is 10.3 Å². The summed E-state index contributed by atoms with van der Waals surface area (Å²) in [5.74, 6) is 0.810. The molecule has 3 heterocycles. The number of rotatable bonds is 4. The second-order valence-corrected chi connectivity index (χ2v) is 8.16. The Labute approximate surface area is 186 Å². The first kappa shape index (κ1) is 19.8. The lowest BCUT2D eigenvalue weighted by molar-refractivity contribution is 0.122. The third kappa shape index (κ3) is 4.22. The highest BCUT2D eigenvalue weighted by molar-refractivity contribution is 6.30. The molecule has 0 aliphatic carbocycles. The topological polar surface area (TPSA) is 61.8 Å². The molecule has 2 aliphatic rings. The molecule has 0 amide bonds. The molecule has 2 aromatic carbocycles. The van der Waals surface area contributed by atoms with Gasteiger partial charge in [0.2, 0.25) is 0 Å². The van der Waals surface area contributed by atoms with E-state index in [2.05, 4.69) is 44.8 Å². The number of hydrogen-bond donors (Lipinski definition) is 2. The number of nitrogens with zero attached hydrogens (tertiary/aromatic N) is 3. The Morgan fingerprint density at radius 2 is 1.87 bits per heavy atom. The normalized spacial score (nSPS) is 15.4. The van der Waals surface area contributed by atoms with Gasteiger partial charge in [0.15, 0.2) is 0 Å². The quantitative estimate of drug-likeness (QED) is 0.602. The summed E-state index contributed by atoms with van der Waals surface area (Å²) in [6, 6.07) is 16.4. The Kier molecular flexibility index (Phi) is 5.49. The molecule has 2 aliphatic heterocycles. The van der Waals surface area contributed by atoms with Crippen LogP contribution in [0.1, 0.15) is 11.1 Å². The SMILES string of the molecule is Cc1cc(Cl)ccc1-c1cc2c(c(Nc3ccc(N4CCOCC4)cc3)n1)CNC=N2. The Morgan fingerprint density at radius 3 is 2.65 bits per heavy atom. The van der Waals surface area contributed by atoms with Crippen molar-refractivity contribution in [3.05, 3.63) is 64.7 Å². The fraction of sp³-hybridized carbons (Fsp3) is 0.250. The lowest BCUT2D eigenvalue weighted by Gasteiger charge is -2.29. The first-order chi connectivity index (χ1) is 15.2. The van der Waals surface area contributed by atoms with Gasteiger partial charge in [-0.05, 0) is 55.0 Å². The molecule has 0 radical (unpaired) electrons. The van der Waals surface area contributed by atoms with E-state index >= 15 is 0 Å². The van der Waals surface area contributed by atoms with E-state index in [1.807, 2.05) is 31.2 Å². The fourth-order valence-electron chi connectivity index (χ4n) is 3.98. The standard InChI is InChI=1S/C24H24ClN5O/c1-16-12-17(25)2-7-20(16)23-13-22-21(14-26-15-27-22)24(29-23)28-18-3-5-19(6-4-18)30-8-10-31-11-9-30/h2-7,12-13,15H,8-11,14H2,1H3,(H,26,27)(H,28,29). The van der Waals surface area contributed by atoms with E-state index in [1.54, 1.807) is 6.34 Å². The number of nitrogens with one attached hydrogen (secondary N) is 2. The van der Waals surface area contributed by atoms with Crippen LogP contribution in [0.4, 0.5) is 22.9 Å². The molecule has 2 N–H and O–H groups in total. The fourth-order valence-corrected chi connectivity index (χ4v) is 4.21. The number of fused-ring (bicyclic) bond motifs is 1. The van der Waals surface area contributed by atoms with E-state index in [0.717, 1.165) is 70.9 Å². The molecule has 6 nitrogen and oxygen atoms in total. The molecule has 1 fully saturated rings. The van der Waals surface area contributed by atoms with Crippen LogP contribution in [0.2, 0.25) is 5.02 Å². The summed E-state index contributed by atoms with van der Waals surface area (Å²) in [4.78, 5) is 11.8. The number of pyridine rings is 1. The van der Waals surface area contributed by atoms with Crippen LogP contribution in [0.5, 0.6) is 0 Å². The number of aliphatic imine (C=N–C) groups is 1. The van der Waals surface area contributed by atoms with Crippen molar-refractivity contribution in [1.29, 1.82) is 0 Å². The molecule has 158 valence electrons. The highest BCUT2D eigenvalue weighted by atomic mass is 35.5. The minimum Gasteiger partial charge on any atom is -0.378 e. The zero-order valence-corrected chi connectivity index (χ0v) is 18.1. The van der Waals surface area contributed by atoms with Crippen LogP contribution in [0, 0.1) is 6.92 Å². The van der Waals surface area contributed by atoms with Crippen molar-refractivity contribution in [3.8, 4) is 11.3 Å². The molecular formula is C24H24ClN5O. The lowest BCUT2D eigenvalue weighted by atomic mass is 10.0. The van der Waals surface area contributed by atoms with Gasteiger partial charge < -0.3 is 20.3 Å². The first-order valence-corrected chi connectivity index (χ1v) is 10.8. The minimum atomic E-state index is 0.680. The van der Waals surface area contributed by atoms with Crippen molar-refractivity contribution < 1.29 is 4.74 Å². The van der Waals surface area contributed by atoms with Gasteiger partial charge in [0.25, 0.3) is 0 Å². The number of aryl methyl sites for hydroxylation is 1. The largest absolute Gasteiger partial charge is 0.378 e. The number of morpholine rings is 1. The maximum absolute atomic E-state index is 6.15. The zero-order valence-electron chi connectivity index (χ0n) is 17.4. The van der Waals surface area contributed by atoms with Crippen LogP contribution in [-0.2, 0) is 11.3 Å². The third-order valence-corrected chi connectivity index (χ3v) is 5.88. The smallest absolute Gasteiger partial charge is 0.138 e. The van der Waals surface area contributed by atoms with Gasteiger partial charge in [0, 0.05) is 47.2 Å². The van der Waals surface area contributed by atoms with Crippen LogP contribution in [0.15, 0.2) is 53.5 Å². The maximum atomic E-state index is 6.15. The summed E-state index contributed by atoms with van der Waals surface area (Å²) >= 11 is 6.15. The monoisotopic (exact) mass is 433 g/mol. The van der Waals surface area contributed by atoms with Crippen LogP contribution in [0.3, 0.4) is 0 Å². The number of hydrogen-bond acceptors (Lipinski definition) is 6. The molecule has 0 atom stereocenters. The molecular weight excluding hydrogens is 410 g/mol. The summed E-state index contributed by atoms with van der Waals surface area (Å²) in [5.41, 5.74) is 7.18. The van der Waals surface area contributed by atoms with Gasteiger partial charge in [-0.3, -0.25) is 0 Å². The molecule has 5 rings (SSSR count). The number of aromatic nitrogens is 1. The van der Waals surface area contributed by atoms with Crippen LogP contribution in [0.25, 0.3) is 11.3 Å². The number of ether oxygens (including phenoxy) is 1. The van der Waals surface area contributed by atoms with E-state index in [4.69, 9.17) is 21.3 Å². The van der Waals surface area contributed by atoms with Crippen LogP contribution < -0.4 is 15.5 Å². The van der Waals surface area contributed by atoms with E-state index in [-0.39, 0.29) is 0 Å². The van der Waals surface area contributed by atoms with Gasteiger partial charge in [-0.1, -0.05) is 17.7 Å². The molecule has 1 saturated heterocycles. The van der Waals surface area contributed by atoms with Crippen molar-refractivity contribution in [2.45, 2.75) is 13.5 Å². The Balaban J connectivity index is 1.47. The zero-order chi connectivity index (χ0) is 21.2. The van der Waals surface area contributed by atoms with Gasteiger partial charge >= 0.3 is 0 Å². The highest BCUT2D eigenvalue weighted by Gasteiger charge is 2.17. The second-order valence-electron chi connectivity index (χ2n) is 7.72. The van der Waals surface area contributed by atoms with Gasteiger partial charge in [0.05, 0.1) is 30.9 Å². The summed E-state index contributed by atoms with van der Waals surface area (Å²) < 4.78 is 5.45. The van der Waals surface area contributed by atoms with Crippen LogP contribution in [-0.4, -0.2) is 37.6 Å². The van der Waals surface area contributed by atoms with Gasteiger partial charge in [0.1, 0.15) is 5.82 Å². The third-order valence-electron chi connectivity index (χ3n) is 5.65. The molecule has 0 bridgehead atoms. The number of benzene rings is 2. The predicted molar refractivity (Wildman–Crippen MR) is 127 cm³/mol. The molecule has 0 saturated carbocycles. The summed E-state index contributed by atoms with van der Waals surface area (Å²) in [6.45, 7) is 6.13. The molecule has 0 spiro atoms. The van der Waals surface area contributed by atoms with Crippen molar-refractivity contribution in [3.63, 3.8) is 0 Å². The number of halogens is 1. The Bertz CT molecular complexity index is 1120. The van der Waals surface area contributed by atoms with Crippen molar-refractivity contribution in [2.24, 2.45) is 4.99 Å². The van der Waals surface area contributed by atoms with Gasteiger partial charge in [-0.2, -0.15) is 0 Å². The van der Waals surface area contributed by atoms with Gasteiger partial charge in [-0.15, -0.1) is 0 Å². The van der Waals surface area contributed by atoms with E-state index in [0.29, 0.717) is 6.54 Å².